The van der Waals surface area contributed by atoms with Crippen molar-refractivity contribution in [3.05, 3.63) is 29.3 Å². The third-order valence-corrected chi connectivity index (χ3v) is 3.47. The summed E-state index contributed by atoms with van der Waals surface area (Å²) < 4.78 is 5.64. The van der Waals surface area contributed by atoms with Crippen molar-refractivity contribution in [2.75, 3.05) is 19.7 Å². The van der Waals surface area contributed by atoms with E-state index in [1.165, 1.54) is 0 Å². The first-order chi connectivity index (χ1) is 9.10. The van der Waals surface area contributed by atoms with Crippen LogP contribution < -0.4 is 10.5 Å². The maximum Gasteiger partial charge on any atom is 0.159 e. The number of Topliss-reactive ketones (excluding diaryl/α,β-unsaturated/α-hetero) is 1. The maximum absolute atomic E-state index is 11.5. The highest BCUT2D eigenvalue weighted by molar-refractivity contribution is 5.94. The molecule has 1 aromatic rings. The molecule has 1 fully saturated rings. The smallest absolute Gasteiger partial charge is 0.159 e. The van der Waals surface area contributed by atoms with Crippen molar-refractivity contribution in [3.8, 4) is 5.75 Å². The lowest BCUT2D eigenvalue weighted by Gasteiger charge is -2.18. The fraction of sp³-hybridized carbons (Fsp3) is 0.533. The summed E-state index contributed by atoms with van der Waals surface area (Å²) in [4.78, 5) is 13.8. The van der Waals surface area contributed by atoms with E-state index in [9.17, 15) is 4.79 Å². The number of nitrogens with zero attached hydrogens (tertiary/aromatic N) is 1. The molecule has 0 aliphatic carbocycles. The van der Waals surface area contributed by atoms with Crippen molar-refractivity contribution in [2.45, 2.75) is 32.9 Å². The second-order valence-electron chi connectivity index (χ2n) is 5.10. The number of ether oxygens (including phenoxy) is 1. The van der Waals surface area contributed by atoms with Crippen LogP contribution in [0.15, 0.2) is 18.2 Å². The minimum absolute atomic E-state index is 0.0856. The normalized spacial score (nSPS) is 19.6. The molecule has 0 aromatic heterocycles. The average molecular weight is 262 g/mol. The van der Waals surface area contributed by atoms with E-state index in [1.807, 2.05) is 25.1 Å². The third kappa shape index (κ3) is 3.55. The van der Waals surface area contributed by atoms with Gasteiger partial charge in [-0.15, -0.1) is 0 Å². The van der Waals surface area contributed by atoms with E-state index in [0.717, 1.165) is 42.9 Å². The summed E-state index contributed by atoms with van der Waals surface area (Å²) in [5, 5.41) is 0. The molecule has 1 saturated heterocycles. The number of hydrogen-bond donors (Lipinski definition) is 1. The molecule has 1 aliphatic heterocycles. The van der Waals surface area contributed by atoms with E-state index in [0.29, 0.717) is 6.61 Å². The molecule has 0 bridgehead atoms. The van der Waals surface area contributed by atoms with Gasteiger partial charge >= 0.3 is 0 Å². The highest BCUT2D eigenvalue weighted by atomic mass is 16.5. The molecule has 19 heavy (non-hydrogen) atoms. The summed E-state index contributed by atoms with van der Waals surface area (Å²) in [7, 11) is 0. The number of carbonyl (C=O) groups is 1. The highest BCUT2D eigenvalue weighted by Crippen LogP contribution is 2.24. The molecule has 0 spiro atoms. The molecule has 104 valence electrons. The summed E-state index contributed by atoms with van der Waals surface area (Å²) in [5.41, 5.74) is 7.74. The Morgan fingerprint density at radius 3 is 2.89 bits per heavy atom. The Bertz CT molecular complexity index is 459. The second-order valence-corrected chi connectivity index (χ2v) is 5.10. The van der Waals surface area contributed by atoms with Crippen LogP contribution in [0.2, 0.25) is 0 Å². The Hall–Kier alpha value is -1.39. The highest BCUT2D eigenvalue weighted by Gasteiger charge is 2.20. The maximum atomic E-state index is 11.5. The predicted octanol–water partition coefficient (Wildman–Crippen LogP) is 1.82. The van der Waals surface area contributed by atoms with Crippen molar-refractivity contribution < 1.29 is 9.53 Å². The van der Waals surface area contributed by atoms with Crippen LogP contribution in [0.5, 0.6) is 5.75 Å². The van der Waals surface area contributed by atoms with Gasteiger partial charge < -0.3 is 10.5 Å². The summed E-state index contributed by atoms with van der Waals surface area (Å²) in [6.07, 6.45) is 1.04. The van der Waals surface area contributed by atoms with Gasteiger partial charge in [-0.25, -0.2) is 0 Å². The van der Waals surface area contributed by atoms with E-state index in [-0.39, 0.29) is 11.8 Å². The van der Waals surface area contributed by atoms with Crippen molar-refractivity contribution in [3.63, 3.8) is 0 Å². The zero-order valence-corrected chi connectivity index (χ0v) is 11.7. The van der Waals surface area contributed by atoms with Crippen LogP contribution in [0.4, 0.5) is 0 Å². The van der Waals surface area contributed by atoms with Crippen LogP contribution in [0.3, 0.4) is 0 Å². The number of carbonyl (C=O) groups excluding carboxylic acids is 1. The summed E-state index contributed by atoms with van der Waals surface area (Å²) >= 11 is 0. The molecule has 0 amide bonds. The molecular formula is C15H22N2O2. The zero-order chi connectivity index (χ0) is 13.8. The molecule has 1 aromatic carbocycles. The fourth-order valence-corrected chi connectivity index (χ4v) is 2.47. The van der Waals surface area contributed by atoms with Gasteiger partial charge in [0.2, 0.25) is 0 Å². The number of rotatable bonds is 5. The Balaban J connectivity index is 2.19. The Morgan fingerprint density at radius 1 is 1.53 bits per heavy atom. The van der Waals surface area contributed by atoms with Crippen LogP contribution in [0.25, 0.3) is 0 Å². The topological polar surface area (TPSA) is 55.6 Å². The van der Waals surface area contributed by atoms with E-state index in [4.69, 9.17) is 10.5 Å². The summed E-state index contributed by atoms with van der Waals surface area (Å²) in [6.45, 7) is 6.91. The Labute approximate surface area is 114 Å². The molecule has 0 radical (unpaired) electrons. The van der Waals surface area contributed by atoms with E-state index >= 15 is 0 Å². The van der Waals surface area contributed by atoms with Gasteiger partial charge in [0, 0.05) is 36.8 Å². The molecule has 0 unspecified atom stereocenters. The van der Waals surface area contributed by atoms with Gasteiger partial charge in [-0.3, -0.25) is 9.69 Å². The largest absolute Gasteiger partial charge is 0.494 e. The van der Waals surface area contributed by atoms with Gasteiger partial charge in [0.1, 0.15) is 5.75 Å². The van der Waals surface area contributed by atoms with Crippen LogP contribution >= 0.6 is 0 Å². The minimum Gasteiger partial charge on any atom is -0.494 e. The van der Waals surface area contributed by atoms with E-state index in [1.54, 1.807) is 6.92 Å². The quantitative estimate of drug-likeness (QED) is 0.822. The lowest BCUT2D eigenvalue weighted by Crippen LogP contribution is -2.26. The monoisotopic (exact) mass is 262 g/mol. The average Bonchev–Trinajstić information content (AvgIpc) is 2.77. The van der Waals surface area contributed by atoms with Crippen molar-refractivity contribution in [1.29, 1.82) is 0 Å². The molecule has 2 rings (SSSR count). The van der Waals surface area contributed by atoms with Crippen LogP contribution in [-0.4, -0.2) is 36.4 Å². The first-order valence-electron chi connectivity index (χ1n) is 6.84. The summed E-state index contributed by atoms with van der Waals surface area (Å²) in [6, 6.07) is 5.93. The van der Waals surface area contributed by atoms with Gasteiger partial charge in [0.15, 0.2) is 5.78 Å². The molecule has 1 atom stereocenters. The fourth-order valence-electron chi connectivity index (χ4n) is 2.47. The number of benzene rings is 1. The number of likely N-dealkylation sites (tertiary alicyclic amines) is 1. The molecule has 2 N–H and O–H groups in total. The first-order valence-corrected chi connectivity index (χ1v) is 6.84. The van der Waals surface area contributed by atoms with Crippen LogP contribution in [0.1, 0.15) is 36.2 Å². The van der Waals surface area contributed by atoms with E-state index < -0.39 is 0 Å². The van der Waals surface area contributed by atoms with Gasteiger partial charge in [-0.1, -0.05) is 0 Å². The van der Waals surface area contributed by atoms with Crippen LogP contribution in [0, 0.1) is 0 Å². The minimum atomic E-state index is 0.0856. The second kappa shape index (κ2) is 6.17. The Morgan fingerprint density at radius 2 is 2.32 bits per heavy atom. The van der Waals surface area contributed by atoms with Gasteiger partial charge in [0.25, 0.3) is 0 Å². The molecule has 4 heteroatoms. The zero-order valence-electron chi connectivity index (χ0n) is 11.7. The standard InChI is InChI=1S/C15H22N2O2/c1-3-19-15-5-4-12(11(2)18)8-13(15)9-17-7-6-14(16)10-17/h4-5,8,14H,3,6-7,9-10,16H2,1-2H3/t14-/m0/s1. The van der Waals surface area contributed by atoms with Crippen molar-refractivity contribution in [2.24, 2.45) is 5.73 Å². The van der Waals surface area contributed by atoms with Gasteiger partial charge in [-0.2, -0.15) is 0 Å². The summed E-state index contributed by atoms with van der Waals surface area (Å²) in [5.74, 6) is 0.954. The van der Waals surface area contributed by atoms with Crippen LogP contribution in [-0.2, 0) is 6.54 Å². The first kappa shape index (κ1) is 14.0. The Kier molecular flexibility index (Phi) is 4.56. The lowest BCUT2D eigenvalue weighted by molar-refractivity contribution is 0.101. The van der Waals surface area contributed by atoms with Crippen molar-refractivity contribution in [1.82, 2.24) is 4.90 Å². The SMILES string of the molecule is CCOc1ccc(C(C)=O)cc1CN1CC[C@H](N)C1. The molecular weight excluding hydrogens is 240 g/mol. The molecule has 4 nitrogen and oxygen atoms in total. The van der Waals surface area contributed by atoms with Gasteiger partial charge in [-0.05, 0) is 38.5 Å². The van der Waals surface area contributed by atoms with Crippen molar-refractivity contribution >= 4 is 5.78 Å². The molecule has 1 aliphatic rings. The third-order valence-electron chi connectivity index (χ3n) is 3.47. The lowest BCUT2D eigenvalue weighted by atomic mass is 10.1. The number of ketones is 1. The van der Waals surface area contributed by atoms with E-state index in [2.05, 4.69) is 4.90 Å². The predicted molar refractivity (Wildman–Crippen MR) is 75.5 cm³/mol. The molecule has 1 heterocycles. The number of hydrogen-bond acceptors (Lipinski definition) is 4. The van der Waals surface area contributed by atoms with Gasteiger partial charge in [0.05, 0.1) is 6.61 Å². The molecule has 0 saturated carbocycles. The number of nitrogens with two attached hydrogens (primary N) is 1.